The molecule has 7 heteroatoms. The molecule has 0 saturated heterocycles. The molecule has 1 aliphatic rings. The van der Waals surface area contributed by atoms with E-state index >= 15 is 0 Å². The number of hydrogen-bond acceptors (Lipinski definition) is 5. The lowest BCUT2D eigenvalue weighted by Gasteiger charge is -2.10. The number of benzene rings is 1. The number of ether oxygens (including phenoxy) is 1. The first-order chi connectivity index (χ1) is 9.22. The first kappa shape index (κ1) is 15.5. The van der Waals surface area contributed by atoms with Crippen LogP contribution in [0.1, 0.15) is 18.4 Å². The SMILES string of the molecule is CCOC(=O)[C@]1(N)[C@H](c2ccc(Br)cc2)[C@H]1S(C)(=O)=O. The summed E-state index contributed by atoms with van der Waals surface area (Å²) in [6.45, 7) is 1.83. The zero-order valence-corrected chi connectivity index (χ0v) is 13.6. The molecule has 2 rings (SSSR count). The fraction of sp³-hybridized carbons (Fsp3) is 0.462. The van der Waals surface area contributed by atoms with Crippen LogP contribution in [0.3, 0.4) is 0 Å². The van der Waals surface area contributed by atoms with Crippen LogP contribution in [0.5, 0.6) is 0 Å². The average Bonchev–Trinajstić information content (AvgIpc) is 2.99. The lowest BCUT2D eigenvalue weighted by Crippen LogP contribution is -2.41. The molecule has 0 spiro atoms. The van der Waals surface area contributed by atoms with Crippen LogP contribution in [0.2, 0.25) is 0 Å². The molecule has 0 aliphatic heterocycles. The maximum absolute atomic E-state index is 12.0. The second-order valence-electron chi connectivity index (χ2n) is 4.93. The Balaban J connectivity index is 2.41. The first-order valence-electron chi connectivity index (χ1n) is 6.13. The molecule has 2 N–H and O–H groups in total. The average molecular weight is 362 g/mol. The van der Waals surface area contributed by atoms with Crippen molar-refractivity contribution < 1.29 is 17.9 Å². The third kappa shape index (κ3) is 2.49. The van der Waals surface area contributed by atoms with E-state index < -0.39 is 32.5 Å². The molecular weight excluding hydrogens is 346 g/mol. The van der Waals surface area contributed by atoms with Crippen LogP contribution < -0.4 is 5.73 Å². The van der Waals surface area contributed by atoms with Gasteiger partial charge >= 0.3 is 5.97 Å². The van der Waals surface area contributed by atoms with Gasteiger partial charge in [-0.15, -0.1) is 0 Å². The molecule has 0 aromatic heterocycles. The van der Waals surface area contributed by atoms with Gasteiger partial charge in [0.05, 0.1) is 11.9 Å². The van der Waals surface area contributed by atoms with Crippen molar-refractivity contribution in [3.63, 3.8) is 0 Å². The highest BCUT2D eigenvalue weighted by Gasteiger charge is 2.73. The second-order valence-corrected chi connectivity index (χ2v) is 8.02. The van der Waals surface area contributed by atoms with Crippen molar-refractivity contribution in [1.82, 2.24) is 0 Å². The predicted molar refractivity (Wildman–Crippen MR) is 79.1 cm³/mol. The fourth-order valence-corrected chi connectivity index (χ4v) is 4.61. The van der Waals surface area contributed by atoms with Gasteiger partial charge in [-0.05, 0) is 24.6 Å². The molecule has 0 unspecified atom stereocenters. The van der Waals surface area contributed by atoms with Crippen molar-refractivity contribution >= 4 is 31.7 Å². The molecule has 0 heterocycles. The molecule has 3 atom stereocenters. The van der Waals surface area contributed by atoms with Crippen LogP contribution in [0, 0.1) is 0 Å². The summed E-state index contributed by atoms with van der Waals surface area (Å²) in [5.74, 6) is -1.23. The van der Waals surface area contributed by atoms with Crippen molar-refractivity contribution in [3.8, 4) is 0 Å². The highest BCUT2D eigenvalue weighted by molar-refractivity contribution is 9.10. The van der Waals surface area contributed by atoms with Gasteiger partial charge in [-0.3, -0.25) is 0 Å². The summed E-state index contributed by atoms with van der Waals surface area (Å²) >= 11 is 3.31. The zero-order chi connectivity index (χ0) is 15.1. The van der Waals surface area contributed by atoms with Gasteiger partial charge in [0.1, 0.15) is 5.54 Å². The lowest BCUT2D eigenvalue weighted by molar-refractivity contribution is -0.145. The summed E-state index contributed by atoms with van der Waals surface area (Å²) in [7, 11) is -3.45. The Morgan fingerprint density at radius 3 is 2.40 bits per heavy atom. The van der Waals surface area contributed by atoms with Crippen LogP contribution >= 0.6 is 15.9 Å². The molecule has 0 bridgehead atoms. The van der Waals surface area contributed by atoms with E-state index in [0.717, 1.165) is 16.3 Å². The molecule has 1 fully saturated rings. The fourth-order valence-electron chi connectivity index (χ4n) is 2.60. The molecule has 1 saturated carbocycles. The molecule has 0 radical (unpaired) electrons. The van der Waals surface area contributed by atoms with Gasteiger partial charge in [0.2, 0.25) is 0 Å². The molecule has 0 amide bonds. The third-order valence-electron chi connectivity index (χ3n) is 3.50. The number of carbonyl (C=O) groups excluding carboxylic acids is 1. The summed E-state index contributed by atoms with van der Waals surface area (Å²) in [6, 6.07) is 7.11. The quantitative estimate of drug-likeness (QED) is 0.814. The monoisotopic (exact) mass is 361 g/mol. The van der Waals surface area contributed by atoms with Crippen LogP contribution in [0.4, 0.5) is 0 Å². The summed E-state index contributed by atoms with van der Waals surface area (Å²) in [5.41, 5.74) is 5.29. The van der Waals surface area contributed by atoms with Crippen LogP contribution in [-0.4, -0.2) is 38.0 Å². The largest absolute Gasteiger partial charge is 0.465 e. The molecule has 1 aliphatic carbocycles. The zero-order valence-electron chi connectivity index (χ0n) is 11.2. The Morgan fingerprint density at radius 1 is 1.40 bits per heavy atom. The summed E-state index contributed by atoms with van der Waals surface area (Å²) in [4.78, 5) is 12.0. The van der Waals surface area contributed by atoms with Gasteiger partial charge in [0.15, 0.2) is 9.84 Å². The van der Waals surface area contributed by atoms with Gasteiger partial charge in [-0.25, -0.2) is 13.2 Å². The van der Waals surface area contributed by atoms with Crippen molar-refractivity contribution in [2.75, 3.05) is 12.9 Å². The van der Waals surface area contributed by atoms with Crippen LogP contribution in [-0.2, 0) is 19.4 Å². The number of halogens is 1. The lowest BCUT2D eigenvalue weighted by atomic mass is 10.1. The number of sulfone groups is 1. The first-order valence-corrected chi connectivity index (χ1v) is 8.88. The Morgan fingerprint density at radius 2 is 1.95 bits per heavy atom. The summed E-state index contributed by atoms with van der Waals surface area (Å²) in [6.07, 6.45) is 1.09. The van der Waals surface area contributed by atoms with Crippen LogP contribution in [0.25, 0.3) is 0 Å². The number of rotatable bonds is 4. The van der Waals surface area contributed by atoms with E-state index in [2.05, 4.69) is 15.9 Å². The van der Waals surface area contributed by atoms with Gasteiger partial charge in [-0.1, -0.05) is 28.1 Å². The minimum Gasteiger partial charge on any atom is -0.465 e. The maximum atomic E-state index is 12.0. The van der Waals surface area contributed by atoms with E-state index in [-0.39, 0.29) is 6.61 Å². The van der Waals surface area contributed by atoms with Gasteiger partial charge in [0.25, 0.3) is 0 Å². The highest BCUT2D eigenvalue weighted by Crippen LogP contribution is 2.54. The minimum absolute atomic E-state index is 0.168. The molecule has 110 valence electrons. The minimum atomic E-state index is -3.45. The summed E-state index contributed by atoms with van der Waals surface area (Å²) in [5, 5.41) is -0.935. The molecule has 20 heavy (non-hydrogen) atoms. The number of carbonyl (C=O) groups is 1. The predicted octanol–water partition coefficient (Wildman–Crippen LogP) is 1.22. The standard InChI is InChI=1S/C13H16BrNO4S/c1-3-19-12(16)13(15)10(11(13)20(2,17)18)8-4-6-9(14)7-5-8/h4-7,10-11H,3,15H2,1-2H3/t10-,11-,13+/m1/s1. The van der Waals surface area contributed by atoms with Crippen molar-refractivity contribution in [3.05, 3.63) is 34.3 Å². The van der Waals surface area contributed by atoms with Gasteiger partial charge in [-0.2, -0.15) is 0 Å². The van der Waals surface area contributed by atoms with E-state index in [0.29, 0.717) is 0 Å². The highest BCUT2D eigenvalue weighted by atomic mass is 79.9. The van der Waals surface area contributed by atoms with E-state index in [4.69, 9.17) is 10.5 Å². The molecule has 5 nitrogen and oxygen atoms in total. The van der Waals surface area contributed by atoms with E-state index in [1.54, 1.807) is 31.2 Å². The molecule has 1 aromatic rings. The smallest absolute Gasteiger partial charge is 0.328 e. The Hall–Kier alpha value is -0.920. The number of esters is 1. The van der Waals surface area contributed by atoms with Crippen molar-refractivity contribution in [1.29, 1.82) is 0 Å². The molecular formula is C13H16BrNO4S. The van der Waals surface area contributed by atoms with E-state index in [1.165, 1.54) is 0 Å². The number of hydrogen-bond donors (Lipinski definition) is 1. The Labute approximate surface area is 126 Å². The topological polar surface area (TPSA) is 86.5 Å². The van der Waals surface area contributed by atoms with Crippen molar-refractivity contribution in [2.24, 2.45) is 5.73 Å². The van der Waals surface area contributed by atoms with Gasteiger partial charge in [0, 0.05) is 16.6 Å². The van der Waals surface area contributed by atoms with Crippen molar-refractivity contribution in [2.45, 2.75) is 23.6 Å². The molecule has 1 aromatic carbocycles. The Kier molecular flexibility index (Phi) is 3.96. The number of nitrogens with two attached hydrogens (primary N) is 1. The van der Waals surface area contributed by atoms with E-state index in [9.17, 15) is 13.2 Å². The third-order valence-corrected chi connectivity index (χ3v) is 5.61. The maximum Gasteiger partial charge on any atom is 0.328 e. The van der Waals surface area contributed by atoms with E-state index in [1.807, 2.05) is 0 Å². The summed E-state index contributed by atoms with van der Waals surface area (Å²) < 4.78 is 29.5. The Bertz CT molecular complexity index is 628. The normalized spacial score (nSPS) is 29.0. The second kappa shape index (κ2) is 5.13. The van der Waals surface area contributed by atoms with Gasteiger partial charge < -0.3 is 10.5 Å². The van der Waals surface area contributed by atoms with Crippen LogP contribution in [0.15, 0.2) is 28.7 Å².